The first kappa shape index (κ1) is 22.7. The van der Waals surface area contributed by atoms with E-state index in [1.165, 1.54) is 0 Å². The number of benzene rings is 4. The minimum atomic E-state index is -0.454. The van der Waals surface area contributed by atoms with E-state index in [4.69, 9.17) is 9.47 Å². The van der Waals surface area contributed by atoms with E-state index in [2.05, 4.69) is 10.5 Å². The number of hydrogen-bond acceptors (Lipinski definition) is 5. The molecule has 0 unspecified atom stereocenters. The Morgan fingerprint density at radius 2 is 1.56 bits per heavy atom. The van der Waals surface area contributed by atoms with Crippen molar-refractivity contribution >= 4 is 28.9 Å². The van der Waals surface area contributed by atoms with Gasteiger partial charge in [0.15, 0.2) is 0 Å². The fourth-order valence-corrected chi connectivity index (χ4v) is 3.48. The van der Waals surface area contributed by atoms with Crippen LogP contribution in [0.15, 0.2) is 96.1 Å². The number of fused-ring (bicyclic) bond motifs is 1. The van der Waals surface area contributed by atoms with E-state index in [9.17, 15) is 9.59 Å². The van der Waals surface area contributed by atoms with E-state index in [-0.39, 0.29) is 12.3 Å². The lowest BCUT2D eigenvalue weighted by molar-refractivity contribution is -0.120. The minimum absolute atomic E-state index is 0.200. The lowest BCUT2D eigenvalue weighted by Crippen LogP contribution is -2.19. The predicted octanol–water partition coefficient (Wildman–Crippen LogP) is 5.15. The van der Waals surface area contributed by atoms with Crippen molar-refractivity contribution in [1.29, 1.82) is 0 Å². The second-order valence-electron chi connectivity index (χ2n) is 7.52. The number of nitrogens with zero attached hydrogens (tertiary/aromatic N) is 1. The van der Waals surface area contributed by atoms with E-state index < -0.39 is 5.97 Å². The van der Waals surface area contributed by atoms with Gasteiger partial charge < -0.3 is 9.47 Å². The highest BCUT2D eigenvalue weighted by Gasteiger charge is 2.09. The maximum absolute atomic E-state index is 12.3. The topological polar surface area (TPSA) is 77.0 Å². The summed E-state index contributed by atoms with van der Waals surface area (Å²) in [6.07, 6.45) is 1.78. The third-order valence-electron chi connectivity index (χ3n) is 5.13. The van der Waals surface area contributed by atoms with E-state index in [1.807, 2.05) is 49.4 Å². The normalized spacial score (nSPS) is 10.9. The molecule has 0 heterocycles. The Morgan fingerprint density at radius 3 is 2.32 bits per heavy atom. The zero-order valence-electron chi connectivity index (χ0n) is 18.7. The van der Waals surface area contributed by atoms with Crippen LogP contribution < -0.4 is 14.9 Å². The van der Waals surface area contributed by atoms with Crippen LogP contribution in [-0.4, -0.2) is 24.7 Å². The molecule has 1 N–H and O–H groups in total. The van der Waals surface area contributed by atoms with E-state index in [0.717, 1.165) is 21.9 Å². The summed E-state index contributed by atoms with van der Waals surface area (Å²) in [6.45, 7) is 2.46. The van der Waals surface area contributed by atoms with Gasteiger partial charge in [-0.1, -0.05) is 42.5 Å². The highest BCUT2D eigenvalue weighted by molar-refractivity contribution is 5.92. The van der Waals surface area contributed by atoms with Crippen molar-refractivity contribution in [2.45, 2.75) is 13.3 Å². The minimum Gasteiger partial charge on any atom is -0.494 e. The molecule has 0 aliphatic heterocycles. The molecule has 0 bridgehead atoms. The molecule has 4 aromatic rings. The summed E-state index contributed by atoms with van der Waals surface area (Å²) >= 11 is 0. The van der Waals surface area contributed by atoms with Crippen LogP contribution in [0, 0.1) is 0 Å². The summed E-state index contributed by atoms with van der Waals surface area (Å²) in [7, 11) is 0. The summed E-state index contributed by atoms with van der Waals surface area (Å²) < 4.78 is 10.8. The molecule has 4 rings (SSSR count). The molecule has 0 spiro atoms. The third-order valence-corrected chi connectivity index (χ3v) is 5.13. The Balaban J connectivity index is 1.30. The molecule has 0 saturated heterocycles. The number of hydrogen-bond donors (Lipinski definition) is 1. The van der Waals surface area contributed by atoms with Crippen molar-refractivity contribution in [3.63, 3.8) is 0 Å². The van der Waals surface area contributed by atoms with Crippen LogP contribution in [0.2, 0.25) is 0 Å². The molecule has 0 saturated carbocycles. The Morgan fingerprint density at radius 1 is 0.853 bits per heavy atom. The van der Waals surface area contributed by atoms with Crippen LogP contribution in [0.1, 0.15) is 28.4 Å². The number of amides is 1. The number of hydrazone groups is 1. The van der Waals surface area contributed by atoms with Crippen molar-refractivity contribution in [1.82, 2.24) is 5.43 Å². The Hall–Kier alpha value is -4.45. The molecule has 170 valence electrons. The maximum Gasteiger partial charge on any atom is 0.343 e. The van der Waals surface area contributed by atoms with Gasteiger partial charge in [0.25, 0.3) is 0 Å². The highest BCUT2D eigenvalue weighted by Crippen LogP contribution is 2.19. The van der Waals surface area contributed by atoms with E-state index in [1.54, 1.807) is 54.7 Å². The van der Waals surface area contributed by atoms with Gasteiger partial charge in [-0.2, -0.15) is 5.10 Å². The summed E-state index contributed by atoms with van der Waals surface area (Å²) in [5.41, 5.74) is 4.70. The third kappa shape index (κ3) is 5.86. The number of carbonyl (C=O) groups excluding carboxylic acids is 2. The van der Waals surface area contributed by atoms with Gasteiger partial charge in [0, 0.05) is 0 Å². The standard InChI is InChI=1S/C28H24N2O4/c1-2-33-24-16-12-22(13-17-24)28(32)34-25-14-10-20(11-15-25)19-29-30-27(31)18-23-8-5-7-21-6-3-4-9-26(21)23/h3-17,19H,2,18H2,1H3,(H,30,31)/b29-19+. The van der Waals surface area contributed by atoms with Gasteiger partial charge in [-0.25, -0.2) is 10.2 Å². The molecule has 0 aliphatic rings. The van der Waals surface area contributed by atoms with Crippen molar-refractivity contribution in [2.75, 3.05) is 6.61 Å². The number of nitrogens with one attached hydrogen (secondary N) is 1. The highest BCUT2D eigenvalue weighted by atomic mass is 16.5. The molecule has 0 aromatic heterocycles. The van der Waals surface area contributed by atoms with Crippen molar-refractivity contribution in [3.8, 4) is 11.5 Å². The van der Waals surface area contributed by atoms with Crippen LogP contribution >= 0.6 is 0 Å². The second kappa shape index (κ2) is 10.9. The Labute approximate surface area is 197 Å². The summed E-state index contributed by atoms with van der Waals surface area (Å²) in [5, 5.41) is 6.19. The molecule has 6 heteroatoms. The molecular weight excluding hydrogens is 428 g/mol. The molecular formula is C28H24N2O4. The first-order valence-corrected chi connectivity index (χ1v) is 11.0. The number of carbonyl (C=O) groups is 2. The largest absolute Gasteiger partial charge is 0.494 e. The lowest BCUT2D eigenvalue weighted by Gasteiger charge is -2.06. The lowest BCUT2D eigenvalue weighted by atomic mass is 10.0. The predicted molar refractivity (Wildman–Crippen MR) is 132 cm³/mol. The fourth-order valence-electron chi connectivity index (χ4n) is 3.48. The molecule has 0 radical (unpaired) electrons. The maximum atomic E-state index is 12.3. The molecule has 0 atom stereocenters. The van der Waals surface area contributed by atoms with Gasteiger partial charge in [0.1, 0.15) is 11.5 Å². The number of ether oxygens (including phenoxy) is 2. The molecule has 6 nitrogen and oxygen atoms in total. The number of rotatable bonds is 8. The van der Waals surface area contributed by atoms with E-state index >= 15 is 0 Å². The fraction of sp³-hybridized carbons (Fsp3) is 0.107. The summed E-state index contributed by atoms with van der Waals surface area (Å²) in [6, 6.07) is 27.5. The van der Waals surface area contributed by atoms with E-state index in [0.29, 0.717) is 23.7 Å². The SMILES string of the molecule is CCOc1ccc(C(=O)Oc2ccc(/C=N/NC(=O)Cc3cccc4ccccc34)cc2)cc1. The molecule has 4 aromatic carbocycles. The average Bonchev–Trinajstić information content (AvgIpc) is 2.86. The van der Waals surface area contributed by atoms with Gasteiger partial charge in [-0.05, 0) is 77.4 Å². The quantitative estimate of drug-likeness (QED) is 0.174. The van der Waals surface area contributed by atoms with Crippen molar-refractivity contribution < 1.29 is 19.1 Å². The first-order valence-electron chi connectivity index (χ1n) is 11.0. The van der Waals surface area contributed by atoms with Crippen LogP contribution in [0.5, 0.6) is 11.5 Å². The van der Waals surface area contributed by atoms with Crippen LogP contribution in [0.3, 0.4) is 0 Å². The second-order valence-corrected chi connectivity index (χ2v) is 7.52. The Bertz CT molecular complexity index is 1310. The zero-order valence-corrected chi connectivity index (χ0v) is 18.7. The van der Waals surface area contributed by atoms with Gasteiger partial charge >= 0.3 is 5.97 Å². The van der Waals surface area contributed by atoms with Crippen LogP contribution in [-0.2, 0) is 11.2 Å². The van der Waals surface area contributed by atoms with Gasteiger partial charge in [0.2, 0.25) is 5.91 Å². The molecule has 0 fully saturated rings. The van der Waals surface area contributed by atoms with Crippen molar-refractivity contribution in [3.05, 3.63) is 108 Å². The first-order chi connectivity index (χ1) is 16.6. The molecule has 34 heavy (non-hydrogen) atoms. The molecule has 1 amide bonds. The summed E-state index contributed by atoms with van der Waals surface area (Å²) in [5.74, 6) is 0.460. The zero-order chi connectivity index (χ0) is 23.8. The monoisotopic (exact) mass is 452 g/mol. The summed E-state index contributed by atoms with van der Waals surface area (Å²) in [4.78, 5) is 24.6. The smallest absolute Gasteiger partial charge is 0.343 e. The van der Waals surface area contributed by atoms with Gasteiger partial charge in [0.05, 0.1) is 24.8 Å². The van der Waals surface area contributed by atoms with Crippen molar-refractivity contribution in [2.24, 2.45) is 5.10 Å². The molecule has 0 aliphatic carbocycles. The van der Waals surface area contributed by atoms with Crippen LogP contribution in [0.4, 0.5) is 0 Å². The average molecular weight is 453 g/mol. The Kier molecular flexibility index (Phi) is 7.30. The van der Waals surface area contributed by atoms with Gasteiger partial charge in [-0.3, -0.25) is 4.79 Å². The number of esters is 1. The van der Waals surface area contributed by atoms with Crippen LogP contribution in [0.25, 0.3) is 10.8 Å². The van der Waals surface area contributed by atoms with Gasteiger partial charge in [-0.15, -0.1) is 0 Å².